The molecule has 2 aliphatic rings. The number of rotatable bonds is 8. The molecular formula is C76H55BN6O. The quantitative estimate of drug-likeness (QED) is 0.0864. The van der Waals surface area contributed by atoms with E-state index in [1.165, 1.54) is 22.2 Å². The molecule has 16 rings (SSSR count). The fourth-order valence-corrected chi connectivity index (χ4v) is 12.6. The van der Waals surface area contributed by atoms with Crippen LogP contribution in [0.2, 0.25) is 0 Å². The Labute approximate surface area is 503 Å². The van der Waals surface area contributed by atoms with Gasteiger partial charge in [-0.3, -0.25) is 13.7 Å². The number of para-hydroxylation sites is 6. The summed E-state index contributed by atoms with van der Waals surface area (Å²) >= 11 is 0. The van der Waals surface area contributed by atoms with Crippen molar-refractivity contribution in [2.24, 2.45) is 0 Å². The summed E-state index contributed by atoms with van der Waals surface area (Å²) in [7, 11) is 0. The number of aromatic nitrogens is 4. The minimum absolute atomic E-state index is 0.138. The molecule has 3 aromatic heterocycles. The highest BCUT2D eigenvalue weighted by Crippen LogP contribution is 2.52. The molecule has 0 bridgehead atoms. The highest BCUT2D eigenvalue weighted by Gasteiger charge is 2.46. The van der Waals surface area contributed by atoms with Gasteiger partial charge in [0.25, 0.3) is 6.33 Å². The van der Waals surface area contributed by atoms with Crippen molar-refractivity contribution < 1.29 is 23.0 Å². The van der Waals surface area contributed by atoms with Gasteiger partial charge in [-0.25, -0.2) is 4.98 Å². The second-order valence-corrected chi connectivity index (χ2v) is 22.2. The number of pyridine rings is 1. The van der Waals surface area contributed by atoms with Crippen LogP contribution in [-0.2, 0) is 5.41 Å². The van der Waals surface area contributed by atoms with Gasteiger partial charge in [-0.15, -0.1) is 0 Å². The van der Waals surface area contributed by atoms with Crippen molar-refractivity contribution in [2.45, 2.75) is 26.2 Å². The fourth-order valence-electron chi connectivity index (χ4n) is 12.6. The minimum atomic E-state index is -0.573. The molecule has 8 heteroatoms. The molecule has 2 aliphatic heterocycles. The van der Waals surface area contributed by atoms with Gasteiger partial charge in [-0.05, 0) is 134 Å². The molecule has 0 N–H and O–H groups in total. The number of benzene rings is 11. The van der Waals surface area contributed by atoms with Crippen LogP contribution in [0.5, 0.6) is 11.5 Å². The van der Waals surface area contributed by atoms with Gasteiger partial charge in [0.1, 0.15) is 17.3 Å². The van der Waals surface area contributed by atoms with Crippen LogP contribution in [0, 0.1) is 6.33 Å². The maximum atomic E-state index is 9.15. The third-order valence-corrected chi connectivity index (χ3v) is 16.3. The van der Waals surface area contributed by atoms with Crippen molar-refractivity contribution >= 4 is 68.0 Å². The van der Waals surface area contributed by atoms with Crippen LogP contribution in [-0.4, -0.2) is 21.1 Å². The van der Waals surface area contributed by atoms with Crippen molar-refractivity contribution in [3.63, 3.8) is 0 Å². The van der Waals surface area contributed by atoms with E-state index in [4.69, 9.17) is 23.4 Å². The predicted molar refractivity (Wildman–Crippen MR) is 345 cm³/mol. The molecule has 0 aliphatic carbocycles. The van der Waals surface area contributed by atoms with Gasteiger partial charge in [0.15, 0.2) is 0 Å². The SMILES string of the molecule is [2H]c1c([2H])c([2H])c(-c2cccc(-c3c([2H])c([2H])c([2H])c([2H])c3[2H])c2-[n+]2[c-]n(-c3cccc(Oc4ccc5c6cc(N7B8c9ccccc9-c9ccccc9-c9ccccc9N8c8ccccc87)ccc6n(-c6cc(C(C)(C)C)ccn6)c5c4)c3)c3ccccc32)c([2H])c1[2H]. The van der Waals surface area contributed by atoms with Crippen LogP contribution < -0.4 is 24.4 Å². The molecular weight excluding hydrogens is 1020 g/mol. The normalized spacial score (nSPS) is 14.3. The van der Waals surface area contributed by atoms with E-state index in [-0.39, 0.29) is 40.3 Å². The maximum absolute atomic E-state index is 9.15. The van der Waals surface area contributed by atoms with E-state index in [1.807, 2.05) is 65.4 Å². The standard InChI is InChI=1S/C76H55BN6O/c1-76(2,3)53-44-45-78-74(46-53)81-67-43-40-55(82-71-38-18-19-39-72(71)83-68-35-15-13-31-63(68)61-29-11-10-28-60(61)62-30-12-14-34-66(62)77(82)83)48-65(67)64-42-41-57(49-73(64)81)84-56-27-20-26-54(47-56)79-50-80(70-37-17-16-36-69(70)79)75-58(51-22-6-4-7-23-51)32-21-33-59(75)52-24-8-5-9-25-52/h4-49H,1-3H3/i4D,5D,6D,7D,8D,9D,22D,23D,24D,25D. The lowest BCUT2D eigenvalue weighted by atomic mass is 9.60. The molecule has 5 heterocycles. The van der Waals surface area contributed by atoms with E-state index in [9.17, 15) is 0 Å². The molecule has 398 valence electrons. The first-order chi connectivity index (χ1) is 45.5. The number of nitrogens with zero attached hydrogens (tertiary/aromatic N) is 6. The Morgan fingerprint density at radius 3 is 1.85 bits per heavy atom. The second-order valence-electron chi connectivity index (χ2n) is 22.2. The average Bonchev–Trinajstić information content (AvgIpc) is 1.53. The molecule has 0 atom stereocenters. The lowest BCUT2D eigenvalue weighted by Gasteiger charge is -2.34. The number of ether oxygens (including phenoxy) is 1. The summed E-state index contributed by atoms with van der Waals surface area (Å²) in [4.78, 5) is 10.0. The third kappa shape index (κ3) is 7.97. The topological polar surface area (TPSA) is 42.3 Å². The number of hydrogen-bond donors (Lipinski definition) is 0. The van der Waals surface area contributed by atoms with E-state index in [0.717, 1.165) is 61.5 Å². The summed E-state index contributed by atoms with van der Waals surface area (Å²) in [6, 6.07) is 66.5. The molecule has 0 spiro atoms. The first kappa shape index (κ1) is 39.7. The molecule has 84 heavy (non-hydrogen) atoms. The summed E-state index contributed by atoms with van der Waals surface area (Å²) in [5.41, 5.74) is 15.0. The molecule has 0 amide bonds. The number of anilines is 4. The monoisotopic (exact) mass is 1090 g/mol. The molecule has 0 saturated carbocycles. The Bertz CT molecular complexity index is 5400. The largest absolute Gasteiger partial charge is 0.458 e. The Balaban J connectivity index is 0.843. The molecule has 11 aromatic carbocycles. The van der Waals surface area contributed by atoms with Gasteiger partial charge in [-0.1, -0.05) is 209 Å². The first-order valence-corrected chi connectivity index (χ1v) is 28.0. The van der Waals surface area contributed by atoms with E-state index < -0.39 is 60.4 Å². The zero-order valence-electron chi connectivity index (χ0n) is 56.0. The number of fused-ring (bicyclic) bond motifs is 14. The number of imidazole rings is 1. The van der Waals surface area contributed by atoms with Crippen molar-refractivity contribution in [3.05, 3.63) is 291 Å². The molecule has 0 fully saturated rings. The summed E-state index contributed by atoms with van der Waals surface area (Å²) in [5.74, 6) is 1.81. The summed E-state index contributed by atoms with van der Waals surface area (Å²) < 4.78 is 101. The van der Waals surface area contributed by atoms with Crippen LogP contribution in [0.15, 0.2) is 279 Å². The van der Waals surface area contributed by atoms with E-state index in [2.05, 4.69) is 181 Å². The molecule has 7 nitrogen and oxygen atoms in total. The van der Waals surface area contributed by atoms with Crippen molar-refractivity contribution in [3.8, 4) is 73.2 Å². The first-order valence-electron chi connectivity index (χ1n) is 33.0. The van der Waals surface area contributed by atoms with Crippen LogP contribution in [0.3, 0.4) is 0 Å². The molecule has 0 unspecified atom stereocenters. The summed E-state index contributed by atoms with van der Waals surface area (Å²) in [6.45, 7) is 6.34. The third-order valence-electron chi connectivity index (χ3n) is 16.3. The van der Waals surface area contributed by atoms with Crippen molar-refractivity contribution in [2.75, 3.05) is 9.62 Å². The van der Waals surface area contributed by atoms with Gasteiger partial charge in [0.2, 0.25) is 0 Å². The summed E-state index contributed by atoms with van der Waals surface area (Å²) in [5, 5.41) is 2.02. The van der Waals surface area contributed by atoms with Crippen LogP contribution in [0.1, 0.15) is 40.0 Å². The van der Waals surface area contributed by atoms with Crippen LogP contribution >= 0.6 is 0 Å². The Kier molecular flexibility index (Phi) is 9.21. The maximum Gasteiger partial charge on any atom is 0.421 e. The van der Waals surface area contributed by atoms with Crippen LogP contribution in [0.25, 0.3) is 94.5 Å². The van der Waals surface area contributed by atoms with Crippen molar-refractivity contribution in [1.82, 2.24) is 14.1 Å². The fraction of sp³-hybridized carbons (Fsp3) is 0.0526. The lowest BCUT2D eigenvalue weighted by molar-refractivity contribution is -0.571. The van der Waals surface area contributed by atoms with E-state index in [0.29, 0.717) is 28.2 Å². The zero-order chi connectivity index (χ0) is 64.7. The lowest BCUT2D eigenvalue weighted by Crippen LogP contribution is -2.54. The molecule has 14 aromatic rings. The summed E-state index contributed by atoms with van der Waals surface area (Å²) in [6.07, 6.45) is 5.37. The van der Waals surface area contributed by atoms with Gasteiger partial charge < -0.3 is 14.4 Å². The van der Waals surface area contributed by atoms with Crippen LogP contribution in [0.4, 0.5) is 22.7 Å². The van der Waals surface area contributed by atoms with Gasteiger partial charge in [-0.2, -0.15) is 0 Å². The second kappa shape index (κ2) is 19.5. The highest BCUT2D eigenvalue weighted by atomic mass is 16.5. The van der Waals surface area contributed by atoms with E-state index in [1.54, 1.807) is 22.8 Å². The Morgan fingerprint density at radius 2 is 1.10 bits per heavy atom. The Morgan fingerprint density at radius 1 is 0.476 bits per heavy atom. The zero-order valence-corrected chi connectivity index (χ0v) is 46.0. The van der Waals surface area contributed by atoms with Gasteiger partial charge >= 0.3 is 6.98 Å². The van der Waals surface area contributed by atoms with E-state index >= 15 is 0 Å². The predicted octanol–water partition coefficient (Wildman–Crippen LogP) is 18.0. The molecule has 0 saturated heterocycles. The minimum Gasteiger partial charge on any atom is -0.458 e. The highest BCUT2D eigenvalue weighted by molar-refractivity contribution is 6.85. The smallest absolute Gasteiger partial charge is 0.421 e. The van der Waals surface area contributed by atoms with Crippen molar-refractivity contribution in [1.29, 1.82) is 0 Å². The average molecular weight is 1090 g/mol. The van der Waals surface area contributed by atoms with Gasteiger partial charge in [0, 0.05) is 40.0 Å². The van der Waals surface area contributed by atoms with Gasteiger partial charge in [0.05, 0.1) is 58.5 Å². The molecule has 0 radical (unpaired) electrons. The Hall–Kier alpha value is -10.7. The number of hydrogen-bond acceptors (Lipinski definition) is 4.